The quantitative estimate of drug-likeness (QED) is 0.421. The summed E-state index contributed by atoms with van der Waals surface area (Å²) in [6, 6.07) is 10.3. The number of phenols is 1. The monoisotopic (exact) mass is 449 g/mol. The highest BCUT2D eigenvalue weighted by molar-refractivity contribution is 9.10. The molecule has 2 amide bonds. The molecule has 0 unspecified atom stereocenters. The topological polar surface area (TPSA) is 109 Å². The third-order valence-corrected chi connectivity index (χ3v) is 4.25. The van der Waals surface area contributed by atoms with E-state index in [1.165, 1.54) is 13.3 Å². The molecular weight excluding hydrogens is 430 g/mol. The molecule has 0 radical (unpaired) electrons. The summed E-state index contributed by atoms with van der Waals surface area (Å²) in [4.78, 5) is 23.7. The number of nitrogens with one attached hydrogen (secondary N) is 2. The third kappa shape index (κ3) is 6.27. The van der Waals surface area contributed by atoms with Crippen LogP contribution in [-0.2, 0) is 16.0 Å². The van der Waals surface area contributed by atoms with Gasteiger partial charge in [0, 0.05) is 0 Å². The van der Waals surface area contributed by atoms with Crippen molar-refractivity contribution in [3.8, 4) is 17.2 Å². The number of carbonyl (C=O) groups excluding carboxylic acids is 2. The van der Waals surface area contributed by atoms with Gasteiger partial charge in [-0.05, 0) is 51.3 Å². The lowest BCUT2D eigenvalue weighted by Crippen LogP contribution is -2.35. The molecule has 0 aliphatic carbocycles. The number of hydrazone groups is 1. The fourth-order valence-electron chi connectivity index (χ4n) is 2.21. The molecule has 2 rings (SSSR count). The number of amides is 2. The van der Waals surface area contributed by atoms with Gasteiger partial charge in [-0.2, -0.15) is 5.10 Å². The third-order valence-electron chi connectivity index (χ3n) is 3.64. The Morgan fingerprint density at radius 3 is 2.50 bits per heavy atom. The Kier molecular flexibility index (Phi) is 7.82. The molecular formula is C19H20BrN3O5. The second-order valence-electron chi connectivity index (χ2n) is 5.65. The normalized spacial score (nSPS) is 10.5. The highest BCUT2D eigenvalue weighted by Gasteiger charge is 2.08. The first kappa shape index (κ1) is 21.2. The molecule has 0 aliphatic heterocycles. The molecule has 0 bridgehead atoms. The molecule has 0 saturated heterocycles. The van der Waals surface area contributed by atoms with Crippen molar-refractivity contribution in [2.24, 2.45) is 5.10 Å². The van der Waals surface area contributed by atoms with E-state index < -0.39 is 5.91 Å². The van der Waals surface area contributed by atoms with Crippen LogP contribution in [0.5, 0.6) is 17.2 Å². The van der Waals surface area contributed by atoms with Gasteiger partial charge in [-0.15, -0.1) is 0 Å². The number of ether oxygens (including phenoxy) is 2. The number of carbonyl (C=O) groups is 2. The maximum absolute atomic E-state index is 11.9. The molecule has 0 heterocycles. The van der Waals surface area contributed by atoms with E-state index in [0.29, 0.717) is 15.8 Å². The van der Waals surface area contributed by atoms with Gasteiger partial charge in [0.15, 0.2) is 11.5 Å². The molecule has 2 aromatic rings. The minimum Gasteiger partial charge on any atom is -0.503 e. The minimum absolute atomic E-state index is 0.0248. The molecule has 0 aromatic heterocycles. The van der Waals surface area contributed by atoms with Crippen LogP contribution >= 0.6 is 15.9 Å². The molecule has 0 atom stereocenters. The summed E-state index contributed by atoms with van der Waals surface area (Å²) in [5.74, 6) is 0.205. The molecule has 3 N–H and O–H groups in total. The van der Waals surface area contributed by atoms with Crippen LogP contribution in [0.3, 0.4) is 0 Å². The van der Waals surface area contributed by atoms with Gasteiger partial charge in [-0.25, -0.2) is 5.43 Å². The van der Waals surface area contributed by atoms with E-state index in [2.05, 4.69) is 31.8 Å². The highest BCUT2D eigenvalue weighted by Crippen LogP contribution is 2.34. The van der Waals surface area contributed by atoms with E-state index in [9.17, 15) is 14.7 Å². The van der Waals surface area contributed by atoms with Crippen molar-refractivity contribution in [3.63, 3.8) is 0 Å². The average Bonchev–Trinajstić information content (AvgIpc) is 2.69. The Bertz CT molecular complexity index is 869. The van der Waals surface area contributed by atoms with Gasteiger partial charge in [-0.3, -0.25) is 9.59 Å². The van der Waals surface area contributed by atoms with Crippen LogP contribution in [-0.4, -0.2) is 43.9 Å². The number of halogens is 1. The number of rotatable bonds is 8. The number of hydrogen-bond donors (Lipinski definition) is 3. The van der Waals surface area contributed by atoms with Crippen molar-refractivity contribution < 1.29 is 24.2 Å². The van der Waals surface area contributed by atoms with E-state index in [4.69, 9.17) is 9.47 Å². The predicted octanol–water partition coefficient (Wildman–Crippen LogP) is 1.98. The van der Waals surface area contributed by atoms with Crippen LogP contribution in [0.1, 0.15) is 11.1 Å². The Morgan fingerprint density at radius 2 is 1.86 bits per heavy atom. The lowest BCUT2D eigenvalue weighted by atomic mass is 10.1. The van der Waals surface area contributed by atoms with E-state index in [0.717, 1.165) is 5.56 Å². The largest absolute Gasteiger partial charge is 0.503 e. The number of nitrogens with zero attached hydrogens (tertiary/aromatic N) is 1. The van der Waals surface area contributed by atoms with Crippen molar-refractivity contribution in [2.45, 2.75) is 6.42 Å². The summed E-state index contributed by atoms with van der Waals surface area (Å²) in [6.07, 6.45) is 1.55. The van der Waals surface area contributed by atoms with E-state index in [1.54, 1.807) is 43.5 Å². The minimum atomic E-state index is -0.468. The molecule has 8 nitrogen and oxygen atoms in total. The maximum Gasteiger partial charge on any atom is 0.259 e. The number of phenolic OH excluding ortho intramolecular Hbond substituents is 1. The first-order valence-corrected chi connectivity index (χ1v) is 9.00. The van der Waals surface area contributed by atoms with Crippen LogP contribution in [0.4, 0.5) is 0 Å². The first-order chi connectivity index (χ1) is 13.4. The lowest BCUT2D eigenvalue weighted by molar-refractivity contribution is -0.125. The lowest BCUT2D eigenvalue weighted by Gasteiger charge is -2.07. The molecule has 28 heavy (non-hydrogen) atoms. The summed E-state index contributed by atoms with van der Waals surface area (Å²) >= 11 is 3.20. The zero-order chi connectivity index (χ0) is 20.5. The summed E-state index contributed by atoms with van der Waals surface area (Å²) in [5, 5.41) is 16.1. The molecule has 2 aromatic carbocycles. The smallest absolute Gasteiger partial charge is 0.259 e. The fourth-order valence-corrected chi connectivity index (χ4v) is 2.67. The first-order valence-electron chi connectivity index (χ1n) is 8.21. The SMILES string of the molecule is COc1ccc(CC(=O)NCC(=O)N/N=C\c2cc(Br)c(O)c(OC)c2)cc1. The Hall–Kier alpha value is -3.07. The van der Waals surface area contributed by atoms with E-state index in [1.807, 2.05) is 0 Å². The molecule has 0 aliphatic rings. The van der Waals surface area contributed by atoms with E-state index in [-0.39, 0.29) is 30.4 Å². The Balaban J connectivity index is 1.79. The molecule has 148 valence electrons. The van der Waals surface area contributed by atoms with Gasteiger partial charge in [0.2, 0.25) is 5.91 Å². The Labute approximate surface area is 170 Å². The van der Waals surface area contributed by atoms with Gasteiger partial charge in [-0.1, -0.05) is 12.1 Å². The predicted molar refractivity (Wildman–Crippen MR) is 108 cm³/mol. The molecule has 0 saturated carbocycles. The number of benzene rings is 2. The van der Waals surface area contributed by atoms with Gasteiger partial charge in [0.1, 0.15) is 5.75 Å². The molecule has 9 heteroatoms. The summed E-state index contributed by atoms with van der Waals surface area (Å²) in [5.41, 5.74) is 3.73. The van der Waals surface area contributed by atoms with Gasteiger partial charge >= 0.3 is 0 Å². The zero-order valence-corrected chi connectivity index (χ0v) is 16.9. The Morgan fingerprint density at radius 1 is 1.14 bits per heavy atom. The second-order valence-corrected chi connectivity index (χ2v) is 6.50. The zero-order valence-electron chi connectivity index (χ0n) is 15.4. The molecule has 0 spiro atoms. The van der Waals surface area contributed by atoms with Gasteiger partial charge in [0.05, 0.1) is 37.9 Å². The van der Waals surface area contributed by atoms with Crippen molar-refractivity contribution in [1.29, 1.82) is 0 Å². The fraction of sp³-hybridized carbons (Fsp3) is 0.211. The van der Waals surface area contributed by atoms with Crippen LogP contribution in [0.15, 0.2) is 46.0 Å². The number of hydrogen-bond acceptors (Lipinski definition) is 6. The molecule has 0 fully saturated rings. The van der Waals surface area contributed by atoms with Crippen LogP contribution in [0.25, 0.3) is 0 Å². The number of methoxy groups -OCH3 is 2. The van der Waals surface area contributed by atoms with Gasteiger partial charge in [0.25, 0.3) is 5.91 Å². The summed E-state index contributed by atoms with van der Waals surface area (Å²) in [7, 11) is 3.00. The highest BCUT2D eigenvalue weighted by atomic mass is 79.9. The second kappa shape index (κ2) is 10.3. The average molecular weight is 450 g/mol. The van der Waals surface area contributed by atoms with Crippen LogP contribution in [0, 0.1) is 0 Å². The van der Waals surface area contributed by atoms with Crippen molar-refractivity contribution in [1.82, 2.24) is 10.7 Å². The van der Waals surface area contributed by atoms with Crippen molar-refractivity contribution in [3.05, 3.63) is 52.0 Å². The van der Waals surface area contributed by atoms with Gasteiger partial charge < -0.3 is 19.9 Å². The number of aromatic hydroxyl groups is 1. The standard InChI is InChI=1S/C19H20BrN3O5/c1-27-14-5-3-12(4-6-14)9-17(24)21-11-18(25)23-22-10-13-7-15(20)19(26)16(8-13)28-2/h3-8,10,26H,9,11H2,1-2H3,(H,21,24)(H,23,25)/b22-10-. The van der Waals surface area contributed by atoms with E-state index >= 15 is 0 Å². The van der Waals surface area contributed by atoms with Crippen LogP contribution in [0.2, 0.25) is 0 Å². The van der Waals surface area contributed by atoms with Crippen molar-refractivity contribution >= 4 is 34.0 Å². The van der Waals surface area contributed by atoms with Crippen LogP contribution < -0.4 is 20.2 Å². The maximum atomic E-state index is 11.9. The summed E-state index contributed by atoms with van der Waals surface area (Å²) < 4.78 is 10.5. The summed E-state index contributed by atoms with van der Waals surface area (Å²) in [6.45, 7) is -0.199. The van der Waals surface area contributed by atoms with Crippen molar-refractivity contribution in [2.75, 3.05) is 20.8 Å².